The van der Waals surface area contributed by atoms with Gasteiger partial charge in [0, 0.05) is 12.6 Å². The highest BCUT2D eigenvalue weighted by Gasteiger charge is 2.19. The Morgan fingerprint density at radius 2 is 1.62 bits per heavy atom. The topological polar surface area (TPSA) is 80.5 Å². The van der Waals surface area contributed by atoms with Crippen LogP contribution in [0.4, 0.5) is 0 Å². The van der Waals surface area contributed by atoms with Crippen LogP contribution in [0.3, 0.4) is 0 Å². The van der Waals surface area contributed by atoms with Crippen molar-refractivity contribution >= 4 is 15.9 Å². The number of nitrogens with zero attached hydrogens (tertiary/aromatic N) is 1. The number of primary sulfonamides is 1. The molecule has 2 N–H and O–H groups in total. The van der Waals surface area contributed by atoms with Crippen molar-refractivity contribution in [2.24, 2.45) is 5.14 Å². The zero-order valence-corrected chi connectivity index (χ0v) is 14.9. The van der Waals surface area contributed by atoms with Gasteiger partial charge in [-0.05, 0) is 48.7 Å². The predicted molar refractivity (Wildman–Crippen MR) is 94.1 cm³/mol. The first kappa shape index (κ1) is 18.2. The lowest BCUT2D eigenvalue weighted by molar-refractivity contribution is 0.0742. The summed E-state index contributed by atoms with van der Waals surface area (Å²) in [6, 6.07) is 13.6. The molecule has 0 radical (unpaired) electrons. The predicted octanol–water partition coefficient (Wildman–Crippen LogP) is 2.73. The molecule has 24 heavy (non-hydrogen) atoms. The Bertz CT molecular complexity index is 812. The number of nitrogens with two attached hydrogens (primary N) is 1. The van der Waals surface area contributed by atoms with E-state index in [9.17, 15) is 13.2 Å². The number of amides is 1. The van der Waals surface area contributed by atoms with E-state index in [-0.39, 0.29) is 16.8 Å². The van der Waals surface area contributed by atoms with Crippen LogP contribution in [0.25, 0.3) is 0 Å². The van der Waals surface area contributed by atoms with Crippen molar-refractivity contribution in [1.82, 2.24) is 4.90 Å². The largest absolute Gasteiger partial charge is 0.335 e. The second-order valence-corrected chi connectivity index (χ2v) is 7.32. The number of rotatable bonds is 5. The van der Waals surface area contributed by atoms with E-state index in [1.165, 1.54) is 17.7 Å². The van der Waals surface area contributed by atoms with Gasteiger partial charge in [0.25, 0.3) is 5.91 Å². The Balaban J connectivity index is 2.18. The van der Waals surface area contributed by atoms with Crippen molar-refractivity contribution in [2.45, 2.75) is 31.2 Å². The molecule has 0 heterocycles. The van der Waals surface area contributed by atoms with Crippen molar-refractivity contribution in [1.29, 1.82) is 0 Å². The van der Waals surface area contributed by atoms with E-state index in [0.29, 0.717) is 5.56 Å². The van der Waals surface area contributed by atoms with Gasteiger partial charge in [-0.3, -0.25) is 4.79 Å². The molecule has 0 aromatic heterocycles. The molecule has 0 aliphatic carbocycles. The summed E-state index contributed by atoms with van der Waals surface area (Å²) < 4.78 is 22.6. The zero-order valence-electron chi connectivity index (χ0n) is 14.1. The maximum atomic E-state index is 12.6. The van der Waals surface area contributed by atoms with Crippen LogP contribution in [-0.2, 0) is 16.4 Å². The van der Waals surface area contributed by atoms with E-state index in [1.54, 1.807) is 24.1 Å². The molecule has 2 rings (SSSR count). The van der Waals surface area contributed by atoms with Crippen molar-refractivity contribution < 1.29 is 13.2 Å². The zero-order chi connectivity index (χ0) is 17.9. The smallest absolute Gasteiger partial charge is 0.254 e. The summed E-state index contributed by atoms with van der Waals surface area (Å²) in [7, 11) is -1.98. The van der Waals surface area contributed by atoms with Gasteiger partial charge in [0.15, 0.2) is 0 Å². The minimum atomic E-state index is -3.71. The molecule has 1 amide bonds. The number of carbonyl (C=O) groups excluding carboxylic acids is 1. The number of sulfonamides is 1. The quantitative estimate of drug-likeness (QED) is 0.904. The van der Waals surface area contributed by atoms with Gasteiger partial charge < -0.3 is 4.90 Å². The number of carbonyl (C=O) groups is 1. The average molecular weight is 346 g/mol. The molecule has 0 aliphatic rings. The van der Waals surface area contributed by atoms with Crippen molar-refractivity contribution in [3.05, 3.63) is 65.2 Å². The highest BCUT2D eigenvalue weighted by atomic mass is 32.2. The lowest BCUT2D eigenvalue weighted by Crippen LogP contribution is -2.29. The molecule has 0 bridgehead atoms. The maximum Gasteiger partial charge on any atom is 0.254 e. The molecule has 128 valence electrons. The summed E-state index contributed by atoms with van der Waals surface area (Å²) in [5, 5.41) is 5.10. The SMILES string of the molecule is CCc1ccc(C(=O)N(C)C(C)c2ccc(S(N)(=O)=O)cc2)cc1. The first-order valence-electron chi connectivity index (χ1n) is 7.73. The van der Waals surface area contributed by atoms with Crippen LogP contribution < -0.4 is 5.14 Å². The monoisotopic (exact) mass is 346 g/mol. The molecule has 0 saturated heterocycles. The normalized spacial score (nSPS) is 12.7. The summed E-state index contributed by atoms with van der Waals surface area (Å²) >= 11 is 0. The standard InChI is InChI=1S/C18H22N2O3S/c1-4-14-5-7-16(8-6-14)18(21)20(3)13(2)15-9-11-17(12-10-15)24(19,22)23/h5-13H,4H2,1-3H3,(H2,19,22,23). The Morgan fingerprint density at radius 3 is 2.08 bits per heavy atom. The first-order valence-corrected chi connectivity index (χ1v) is 9.27. The highest BCUT2D eigenvalue weighted by molar-refractivity contribution is 7.89. The third-order valence-corrected chi connectivity index (χ3v) is 5.13. The molecule has 1 unspecified atom stereocenters. The maximum absolute atomic E-state index is 12.6. The minimum Gasteiger partial charge on any atom is -0.335 e. The molecule has 0 fully saturated rings. The lowest BCUT2D eigenvalue weighted by Gasteiger charge is -2.25. The Labute approximate surface area is 143 Å². The van der Waals surface area contributed by atoms with E-state index in [2.05, 4.69) is 6.92 Å². The fourth-order valence-electron chi connectivity index (χ4n) is 2.42. The third-order valence-electron chi connectivity index (χ3n) is 4.20. The van der Waals surface area contributed by atoms with Crippen LogP contribution in [0.2, 0.25) is 0 Å². The van der Waals surface area contributed by atoms with E-state index in [0.717, 1.165) is 12.0 Å². The second-order valence-electron chi connectivity index (χ2n) is 5.76. The van der Waals surface area contributed by atoms with Gasteiger partial charge in [-0.25, -0.2) is 13.6 Å². The van der Waals surface area contributed by atoms with Crippen LogP contribution in [0.15, 0.2) is 53.4 Å². The Kier molecular flexibility index (Phi) is 5.41. The van der Waals surface area contributed by atoms with Gasteiger partial charge in [-0.2, -0.15) is 0 Å². The first-order chi connectivity index (χ1) is 11.2. The third kappa shape index (κ3) is 4.01. The molecule has 0 aliphatic heterocycles. The van der Waals surface area contributed by atoms with Gasteiger partial charge in [-0.15, -0.1) is 0 Å². The summed E-state index contributed by atoms with van der Waals surface area (Å²) in [4.78, 5) is 14.3. The Morgan fingerprint density at radius 1 is 1.08 bits per heavy atom. The molecule has 0 saturated carbocycles. The molecule has 0 spiro atoms. The average Bonchev–Trinajstić information content (AvgIpc) is 2.59. The van der Waals surface area contributed by atoms with Crippen LogP contribution in [0, 0.1) is 0 Å². The minimum absolute atomic E-state index is 0.0579. The molecule has 6 heteroatoms. The summed E-state index contributed by atoms with van der Waals surface area (Å²) in [5.41, 5.74) is 2.65. The number of hydrogen-bond donors (Lipinski definition) is 1. The Hall–Kier alpha value is -2.18. The number of hydrogen-bond acceptors (Lipinski definition) is 3. The molecule has 2 aromatic carbocycles. The van der Waals surface area contributed by atoms with Crippen molar-refractivity contribution in [3.8, 4) is 0 Å². The summed E-state index contributed by atoms with van der Waals surface area (Å²) in [6.45, 7) is 3.96. The van der Waals surface area contributed by atoms with E-state index in [1.807, 2.05) is 31.2 Å². The van der Waals surface area contributed by atoms with E-state index in [4.69, 9.17) is 5.14 Å². The number of benzene rings is 2. The summed E-state index contributed by atoms with van der Waals surface area (Å²) in [6.07, 6.45) is 0.928. The molecular formula is C18H22N2O3S. The second kappa shape index (κ2) is 7.15. The summed E-state index contributed by atoms with van der Waals surface area (Å²) in [5.74, 6) is -0.0827. The lowest BCUT2D eigenvalue weighted by atomic mass is 10.1. The fraction of sp³-hybridized carbons (Fsp3) is 0.278. The van der Waals surface area contributed by atoms with Crippen LogP contribution in [0.1, 0.15) is 41.4 Å². The molecule has 5 nitrogen and oxygen atoms in total. The molecule has 1 atom stereocenters. The van der Waals surface area contributed by atoms with Crippen molar-refractivity contribution in [2.75, 3.05) is 7.05 Å². The molecule has 2 aromatic rings. The van der Waals surface area contributed by atoms with Gasteiger partial charge in [0.05, 0.1) is 10.9 Å². The van der Waals surface area contributed by atoms with Crippen LogP contribution in [0.5, 0.6) is 0 Å². The van der Waals surface area contributed by atoms with Crippen LogP contribution >= 0.6 is 0 Å². The van der Waals surface area contributed by atoms with E-state index >= 15 is 0 Å². The number of aryl methyl sites for hydroxylation is 1. The molecular weight excluding hydrogens is 324 g/mol. The van der Waals surface area contributed by atoms with E-state index < -0.39 is 10.0 Å². The van der Waals surface area contributed by atoms with Gasteiger partial charge >= 0.3 is 0 Å². The van der Waals surface area contributed by atoms with Gasteiger partial charge in [0.2, 0.25) is 10.0 Å². The highest BCUT2D eigenvalue weighted by Crippen LogP contribution is 2.22. The fourth-order valence-corrected chi connectivity index (χ4v) is 2.94. The van der Waals surface area contributed by atoms with Crippen molar-refractivity contribution in [3.63, 3.8) is 0 Å². The van der Waals surface area contributed by atoms with Crippen LogP contribution in [-0.4, -0.2) is 26.3 Å². The van der Waals surface area contributed by atoms with Gasteiger partial charge in [0.1, 0.15) is 0 Å². The van der Waals surface area contributed by atoms with Gasteiger partial charge in [-0.1, -0.05) is 31.2 Å².